The molecular weight excluding hydrogens is 294 g/mol. The van der Waals surface area contributed by atoms with Crippen LogP contribution >= 0.6 is 0 Å². The van der Waals surface area contributed by atoms with Crippen molar-refractivity contribution in [1.82, 2.24) is 10.3 Å². The van der Waals surface area contributed by atoms with Crippen molar-refractivity contribution in [2.45, 2.75) is 46.5 Å². The van der Waals surface area contributed by atoms with Crippen LogP contribution in [-0.2, 0) is 14.4 Å². The molecule has 4 unspecified atom stereocenters. The molecule has 3 amide bonds. The fourth-order valence-corrected chi connectivity index (χ4v) is 4.81. The van der Waals surface area contributed by atoms with Crippen LogP contribution < -0.4 is 5.43 Å². The number of carbonyl (C=O) groups excluding carboxylic acids is 3. The topological polar surface area (TPSA) is 78.8 Å². The van der Waals surface area contributed by atoms with Gasteiger partial charge in [-0.05, 0) is 37.0 Å². The minimum Gasteiger partial charge on any atom is -0.274 e. The summed E-state index contributed by atoms with van der Waals surface area (Å²) in [5.74, 6) is -0.480. The van der Waals surface area contributed by atoms with Gasteiger partial charge in [0.1, 0.15) is 6.54 Å². The highest BCUT2D eigenvalue weighted by Crippen LogP contribution is 2.63. The van der Waals surface area contributed by atoms with E-state index in [0.717, 1.165) is 23.5 Å². The molecule has 124 valence electrons. The summed E-state index contributed by atoms with van der Waals surface area (Å²) in [7, 11) is 0. The van der Waals surface area contributed by atoms with Gasteiger partial charge in [-0.15, -0.1) is 0 Å². The molecule has 3 aliphatic carbocycles. The molecular formula is C17H23N3O3. The van der Waals surface area contributed by atoms with Crippen molar-refractivity contribution in [3.8, 4) is 0 Å². The number of rotatable bonds is 3. The summed E-state index contributed by atoms with van der Waals surface area (Å²) in [5.41, 5.74) is 3.86. The SMILES string of the molecule is CC12CCC(CC1=NNC(=O)CN1C(=O)C3CC3C1=O)C2(C)C. The lowest BCUT2D eigenvalue weighted by molar-refractivity contribution is -0.144. The summed E-state index contributed by atoms with van der Waals surface area (Å²) in [4.78, 5) is 36.9. The highest BCUT2D eigenvalue weighted by molar-refractivity contribution is 6.10. The number of hydrazone groups is 1. The van der Waals surface area contributed by atoms with Gasteiger partial charge in [0.25, 0.3) is 5.91 Å². The summed E-state index contributed by atoms with van der Waals surface area (Å²) in [6.07, 6.45) is 3.91. The number of nitrogens with zero attached hydrogens (tertiary/aromatic N) is 2. The van der Waals surface area contributed by atoms with E-state index in [-0.39, 0.29) is 46.9 Å². The number of hydrogen-bond donors (Lipinski definition) is 1. The summed E-state index contributed by atoms with van der Waals surface area (Å²) >= 11 is 0. The molecule has 6 nitrogen and oxygen atoms in total. The van der Waals surface area contributed by atoms with Crippen molar-refractivity contribution >= 4 is 23.4 Å². The van der Waals surface area contributed by atoms with Crippen LogP contribution in [0.5, 0.6) is 0 Å². The molecule has 3 saturated carbocycles. The molecule has 2 bridgehead atoms. The molecule has 0 radical (unpaired) electrons. The molecule has 1 aliphatic heterocycles. The van der Waals surface area contributed by atoms with Crippen LogP contribution in [0, 0.1) is 28.6 Å². The van der Waals surface area contributed by atoms with E-state index < -0.39 is 0 Å². The van der Waals surface area contributed by atoms with Crippen molar-refractivity contribution in [2.75, 3.05) is 6.54 Å². The van der Waals surface area contributed by atoms with Crippen molar-refractivity contribution in [1.29, 1.82) is 0 Å². The van der Waals surface area contributed by atoms with Crippen molar-refractivity contribution in [2.24, 2.45) is 33.7 Å². The number of nitrogens with one attached hydrogen (secondary N) is 1. The number of carbonyl (C=O) groups is 3. The number of hydrogen-bond acceptors (Lipinski definition) is 4. The Labute approximate surface area is 135 Å². The lowest BCUT2D eigenvalue weighted by Crippen LogP contribution is -2.41. The van der Waals surface area contributed by atoms with Gasteiger partial charge in [-0.25, -0.2) is 5.43 Å². The highest BCUT2D eigenvalue weighted by atomic mass is 16.2. The maximum absolute atomic E-state index is 12.1. The van der Waals surface area contributed by atoms with E-state index in [0.29, 0.717) is 12.3 Å². The summed E-state index contributed by atoms with van der Waals surface area (Å²) in [5, 5.41) is 4.36. The Balaban J connectivity index is 1.41. The minimum atomic E-state index is -0.385. The first-order chi connectivity index (χ1) is 10.8. The quantitative estimate of drug-likeness (QED) is 0.629. The zero-order valence-electron chi connectivity index (χ0n) is 13.9. The number of fused-ring (bicyclic) bond motifs is 3. The first kappa shape index (κ1) is 14.8. The smallest absolute Gasteiger partial charge is 0.260 e. The average Bonchev–Trinajstić information content (AvgIpc) is 3.18. The maximum Gasteiger partial charge on any atom is 0.260 e. The molecule has 23 heavy (non-hydrogen) atoms. The monoisotopic (exact) mass is 317 g/mol. The van der Waals surface area contributed by atoms with Crippen molar-refractivity contribution in [3.63, 3.8) is 0 Å². The summed E-state index contributed by atoms with van der Waals surface area (Å²) in [6, 6.07) is 0. The third kappa shape index (κ3) is 1.86. The molecule has 0 aromatic carbocycles. The van der Waals surface area contributed by atoms with Gasteiger partial charge in [0.05, 0.1) is 11.8 Å². The fourth-order valence-electron chi connectivity index (χ4n) is 4.81. The Bertz CT molecular complexity index is 633. The number of likely N-dealkylation sites (tertiary alicyclic amines) is 1. The Morgan fingerprint density at radius 2 is 1.91 bits per heavy atom. The number of piperidine rings is 1. The molecule has 0 aromatic rings. The first-order valence-corrected chi connectivity index (χ1v) is 8.47. The summed E-state index contributed by atoms with van der Waals surface area (Å²) < 4.78 is 0. The average molecular weight is 317 g/mol. The Hall–Kier alpha value is -1.72. The van der Waals surface area contributed by atoms with Gasteiger partial charge >= 0.3 is 0 Å². The Kier molecular flexibility index (Phi) is 2.86. The van der Waals surface area contributed by atoms with Gasteiger partial charge < -0.3 is 0 Å². The molecule has 1 N–H and O–H groups in total. The number of amides is 3. The third-order valence-corrected chi connectivity index (χ3v) is 7.09. The third-order valence-electron chi connectivity index (χ3n) is 7.09. The molecule has 4 atom stereocenters. The second-order valence-electron chi connectivity index (χ2n) is 8.30. The van der Waals surface area contributed by atoms with E-state index in [4.69, 9.17) is 0 Å². The van der Waals surface area contributed by atoms with E-state index in [2.05, 4.69) is 31.3 Å². The summed E-state index contributed by atoms with van der Waals surface area (Å²) in [6.45, 7) is 6.59. The van der Waals surface area contributed by atoms with Gasteiger partial charge in [0, 0.05) is 11.1 Å². The van der Waals surface area contributed by atoms with Crippen LogP contribution in [0.25, 0.3) is 0 Å². The van der Waals surface area contributed by atoms with Crippen LogP contribution in [0.15, 0.2) is 5.10 Å². The Morgan fingerprint density at radius 3 is 2.43 bits per heavy atom. The largest absolute Gasteiger partial charge is 0.274 e. The lowest BCUT2D eigenvalue weighted by Gasteiger charge is -2.34. The van der Waals surface area contributed by atoms with E-state index in [1.165, 1.54) is 6.42 Å². The van der Waals surface area contributed by atoms with Crippen LogP contribution in [0.3, 0.4) is 0 Å². The molecule has 4 aliphatic rings. The second kappa shape index (κ2) is 4.42. The van der Waals surface area contributed by atoms with Gasteiger partial charge in [0.2, 0.25) is 11.8 Å². The predicted octanol–water partition coefficient (Wildman–Crippen LogP) is 1.31. The fraction of sp³-hybridized carbons (Fsp3) is 0.765. The van der Waals surface area contributed by atoms with Gasteiger partial charge in [0.15, 0.2) is 0 Å². The second-order valence-corrected chi connectivity index (χ2v) is 8.30. The van der Waals surface area contributed by atoms with Crippen LogP contribution in [-0.4, -0.2) is 34.9 Å². The lowest BCUT2D eigenvalue weighted by atomic mass is 9.70. The molecule has 4 fully saturated rings. The van der Waals surface area contributed by atoms with E-state index in [1.807, 2.05) is 0 Å². The van der Waals surface area contributed by atoms with E-state index >= 15 is 0 Å². The van der Waals surface area contributed by atoms with Crippen molar-refractivity contribution in [3.05, 3.63) is 0 Å². The zero-order valence-corrected chi connectivity index (χ0v) is 13.9. The Morgan fingerprint density at radius 1 is 1.26 bits per heavy atom. The van der Waals surface area contributed by atoms with Crippen LogP contribution in [0.1, 0.15) is 46.5 Å². The molecule has 6 heteroatoms. The molecule has 1 heterocycles. The molecule has 0 aromatic heterocycles. The predicted molar refractivity (Wildman–Crippen MR) is 83.1 cm³/mol. The number of imide groups is 1. The van der Waals surface area contributed by atoms with Gasteiger partial charge in [-0.2, -0.15) is 5.10 Å². The van der Waals surface area contributed by atoms with E-state index in [1.54, 1.807) is 0 Å². The molecule has 4 rings (SSSR count). The molecule has 1 saturated heterocycles. The first-order valence-electron chi connectivity index (χ1n) is 8.47. The van der Waals surface area contributed by atoms with Crippen LogP contribution in [0.2, 0.25) is 0 Å². The van der Waals surface area contributed by atoms with E-state index in [9.17, 15) is 14.4 Å². The van der Waals surface area contributed by atoms with Crippen LogP contribution in [0.4, 0.5) is 0 Å². The van der Waals surface area contributed by atoms with Crippen molar-refractivity contribution < 1.29 is 14.4 Å². The zero-order chi connectivity index (χ0) is 16.6. The minimum absolute atomic E-state index is 0.0336. The van der Waals surface area contributed by atoms with Gasteiger partial charge in [-0.1, -0.05) is 20.8 Å². The molecule has 0 spiro atoms. The highest BCUT2D eigenvalue weighted by Gasteiger charge is 2.60. The standard InChI is InChI=1S/C17H23N3O3/c1-16(2)9-4-5-17(16,3)12(6-9)18-19-13(21)8-20-14(22)10-7-11(10)15(20)23/h9-11H,4-8H2,1-3H3,(H,19,21). The maximum atomic E-state index is 12.1. The normalized spacial score (nSPS) is 41.6. The van der Waals surface area contributed by atoms with Gasteiger partial charge in [-0.3, -0.25) is 19.3 Å².